The predicted molar refractivity (Wildman–Crippen MR) is 117 cm³/mol. The smallest absolute Gasteiger partial charge is 0.342 e. The van der Waals surface area contributed by atoms with Gasteiger partial charge in [-0.1, -0.05) is 11.6 Å². The van der Waals surface area contributed by atoms with Crippen LogP contribution in [0.1, 0.15) is 19.7 Å². The van der Waals surface area contributed by atoms with Crippen molar-refractivity contribution in [3.05, 3.63) is 47.6 Å². The Hall–Kier alpha value is -3.41. The van der Waals surface area contributed by atoms with E-state index in [0.29, 0.717) is 27.7 Å². The highest BCUT2D eigenvalue weighted by molar-refractivity contribution is 6.33. The number of aryl methyl sites for hydroxylation is 1. The van der Waals surface area contributed by atoms with Crippen LogP contribution >= 0.6 is 11.6 Å². The third-order valence-corrected chi connectivity index (χ3v) is 6.07. The maximum Gasteiger partial charge on any atom is 0.365 e. The van der Waals surface area contributed by atoms with E-state index in [9.17, 15) is 17.6 Å². The minimum atomic E-state index is -4.43. The van der Waals surface area contributed by atoms with E-state index in [-0.39, 0.29) is 12.4 Å². The lowest BCUT2D eigenvalue weighted by molar-refractivity contribution is -0.144. The molecule has 34 heavy (non-hydrogen) atoms. The number of hydrogen-bond donors (Lipinski definition) is 1. The topological polar surface area (TPSA) is 78.4 Å². The molecule has 1 aliphatic rings. The molecular weight excluding hydrogens is 476 g/mol. The molecule has 8 nitrogen and oxygen atoms in total. The molecule has 5 rings (SSSR count). The third kappa shape index (κ3) is 3.44. The fourth-order valence-electron chi connectivity index (χ4n) is 4.16. The van der Waals surface area contributed by atoms with Gasteiger partial charge in [0, 0.05) is 43.2 Å². The van der Waals surface area contributed by atoms with Gasteiger partial charge in [-0.25, -0.2) is 13.8 Å². The zero-order valence-corrected chi connectivity index (χ0v) is 19.0. The van der Waals surface area contributed by atoms with Gasteiger partial charge in [0.15, 0.2) is 5.82 Å². The molecule has 0 unspecified atom stereocenters. The lowest BCUT2D eigenvalue weighted by Crippen LogP contribution is -2.40. The monoisotopic (exact) mass is 494 g/mol. The van der Waals surface area contributed by atoms with Crippen molar-refractivity contribution >= 4 is 23.2 Å². The molecule has 178 valence electrons. The first-order chi connectivity index (χ1) is 16.0. The highest BCUT2D eigenvalue weighted by Gasteiger charge is 2.51. The molecule has 0 aliphatic carbocycles. The van der Waals surface area contributed by atoms with Gasteiger partial charge in [-0.3, -0.25) is 9.25 Å². The average Bonchev–Trinajstić information content (AvgIpc) is 3.48. The molecule has 0 fully saturated rings. The minimum Gasteiger partial charge on any atom is -0.342 e. The Kier molecular flexibility index (Phi) is 4.97. The lowest BCUT2D eigenvalue weighted by Gasteiger charge is -2.35. The van der Waals surface area contributed by atoms with E-state index in [1.165, 1.54) is 6.20 Å². The fourth-order valence-corrected chi connectivity index (χ4v) is 4.37. The molecule has 5 heterocycles. The number of rotatable bonds is 5. The summed E-state index contributed by atoms with van der Waals surface area (Å²) in [6.07, 6.45) is 1.06. The molecule has 1 aliphatic heterocycles. The highest BCUT2D eigenvalue weighted by atomic mass is 35.5. The Morgan fingerprint density at radius 3 is 2.65 bits per heavy atom. The van der Waals surface area contributed by atoms with E-state index in [2.05, 4.69) is 25.6 Å². The summed E-state index contributed by atoms with van der Waals surface area (Å²) in [4.78, 5) is 4.30. The normalized spacial score (nSPS) is 14.9. The van der Waals surface area contributed by atoms with Crippen molar-refractivity contribution in [2.75, 3.05) is 5.32 Å². The number of fused-ring (bicyclic) bond motifs is 3. The van der Waals surface area contributed by atoms with Crippen molar-refractivity contribution in [1.82, 2.24) is 34.1 Å². The molecule has 0 saturated heterocycles. The third-order valence-electron chi connectivity index (χ3n) is 5.77. The Morgan fingerprint density at radius 1 is 1.21 bits per heavy atom. The van der Waals surface area contributed by atoms with Gasteiger partial charge in [-0.15, -0.1) is 10.2 Å². The van der Waals surface area contributed by atoms with E-state index < -0.39 is 23.7 Å². The minimum absolute atomic E-state index is 0.0798. The molecular formula is C21H19ClF4N8. The summed E-state index contributed by atoms with van der Waals surface area (Å²) in [5, 5.41) is 15.0. The number of pyridine rings is 1. The van der Waals surface area contributed by atoms with Crippen LogP contribution < -0.4 is 5.32 Å². The molecule has 0 aromatic carbocycles. The SMILES string of the molecule is Cn1nccc1Nc1cc(-c2cc3n(c2)CC(C)(C)n2c-3nnc2C(F)(F)C(F)F)c(Cl)cn1. The molecule has 0 atom stereocenters. The standard InChI is InChI=1S/C21H19ClF4N8/c1-20(2)10-33-9-11(6-14(33)17-30-31-19(34(17)20)21(25,26)18(23)24)12-7-15(27-8-13(12)22)29-16-4-5-28-32(16)3/h4-9,18H,10H2,1-3H3,(H,27,29). The van der Waals surface area contributed by atoms with Gasteiger partial charge in [0.05, 0.1) is 22.5 Å². The van der Waals surface area contributed by atoms with Gasteiger partial charge in [0.25, 0.3) is 0 Å². The fraction of sp³-hybridized carbons (Fsp3) is 0.333. The number of aromatic nitrogens is 7. The summed E-state index contributed by atoms with van der Waals surface area (Å²) in [6, 6.07) is 5.26. The molecule has 1 N–H and O–H groups in total. The van der Waals surface area contributed by atoms with E-state index in [1.54, 1.807) is 50.0 Å². The number of alkyl halides is 4. The number of hydrogen-bond acceptors (Lipinski definition) is 5. The zero-order valence-electron chi connectivity index (χ0n) is 18.3. The van der Waals surface area contributed by atoms with Gasteiger partial charge in [-0.05, 0) is 26.0 Å². The van der Waals surface area contributed by atoms with Crippen LogP contribution in [0.2, 0.25) is 5.02 Å². The van der Waals surface area contributed by atoms with E-state index in [1.807, 2.05) is 10.8 Å². The molecule has 4 aromatic heterocycles. The zero-order chi connectivity index (χ0) is 24.4. The maximum atomic E-state index is 14.3. The van der Waals surface area contributed by atoms with Crippen molar-refractivity contribution in [2.24, 2.45) is 7.05 Å². The molecule has 0 radical (unpaired) electrons. The van der Waals surface area contributed by atoms with E-state index in [0.717, 1.165) is 10.4 Å². The van der Waals surface area contributed by atoms with Crippen LogP contribution in [-0.4, -0.2) is 40.5 Å². The van der Waals surface area contributed by atoms with Crippen LogP contribution in [0.25, 0.3) is 22.6 Å². The van der Waals surface area contributed by atoms with Crippen LogP contribution in [0, 0.1) is 0 Å². The van der Waals surface area contributed by atoms with Gasteiger partial charge < -0.3 is 9.88 Å². The summed E-state index contributed by atoms with van der Waals surface area (Å²) < 4.78 is 59.3. The number of nitrogens with one attached hydrogen (secondary N) is 1. The molecule has 13 heteroatoms. The van der Waals surface area contributed by atoms with E-state index in [4.69, 9.17) is 11.6 Å². The summed E-state index contributed by atoms with van der Waals surface area (Å²) in [5.74, 6) is -4.16. The predicted octanol–water partition coefficient (Wildman–Crippen LogP) is 5.04. The van der Waals surface area contributed by atoms with Crippen LogP contribution in [0.5, 0.6) is 0 Å². The van der Waals surface area contributed by atoms with Gasteiger partial charge in [0.2, 0.25) is 5.82 Å². The number of anilines is 2. The summed E-state index contributed by atoms with van der Waals surface area (Å²) in [6.45, 7) is 3.58. The van der Waals surface area contributed by atoms with E-state index >= 15 is 0 Å². The largest absolute Gasteiger partial charge is 0.365 e. The first-order valence-electron chi connectivity index (χ1n) is 10.2. The molecule has 4 aromatic rings. The molecule has 0 spiro atoms. The van der Waals surface area contributed by atoms with Crippen molar-refractivity contribution in [1.29, 1.82) is 0 Å². The second kappa shape index (κ2) is 7.55. The summed E-state index contributed by atoms with van der Waals surface area (Å²) in [7, 11) is 1.78. The first-order valence-corrected chi connectivity index (χ1v) is 10.6. The lowest BCUT2D eigenvalue weighted by atomic mass is 10.0. The van der Waals surface area contributed by atoms with Crippen molar-refractivity contribution in [3.63, 3.8) is 0 Å². The second-order valence-corrected chi connectivity index (χ2v) is 9.08. The molecule has 0 bridgehead atoms. The quantitative estimate of drug-likeness (QED) is 0.393. The van der Waals surface area contributed by atoms with Gasteiger partial charge in [0.1, 0.15) is 11.6 Å². The van der Waals surface area contributed by atoms with Gasteiger partial charge in [-0.2, -0.15) is 13.9 Å². The Balaban J connectivity index is 1.59. The first kappa shape index (κ1) is 22.4. The second-order valence-electron chi connectivity index (χ2n) is 8.68. The Morgan fingerprint density at radius 2 is 1.97 bits per heavy atom. The Bertz CT molecular complexity index is 1390. The van der Waals surface area contributed by atoms with Crippen LogP contribution in [-0.2, 0) is 25.1 Å². The Labute approximate surface area is 196 Å². The van der Waals surface area contributed by atoms with Crippen molar-refractivity contribution < 1.29 is 17.6 Å². The number of halogens is 5. The summed E-state index contributed by atoms with van der Waals surface area (Å²) >= 11 is 6.43. The van der Waals surface area contributed by atoms with Crippen molar-refractivity contribution in [3.8, 4) is 22.6 Å². The number of nitrogens with zero attached hydrogens (tertiary/aromatic N) is 7. The molecule has 0 saturated carbocycles. The van der Waals surface area contributed by atoms with Crippen LogP contribution in [0.15, 0.2) is 36.8 Å². The van der Waals surface area contributed by atoms with Crippen molar-refractivity contribution in [2.45, 2.75) is 38.3 Å². The average molecular weight is 495 g/mol. The van der Waals surface area contributed by atoms with Crippen LogP contribution in [0.3, 0.4) is 0 Å². The molecule has 0 amide bonds. The maximum absolute atomic E-state index is 14.3. The summed E-state index contributed by atoms with van der Waals surface area (Å²) in [5.41, 5.74) is 0.812. The van der Waals surface area contributed by atoms with Gasteiger partial charge >= 0.3 is 12.3 Å². The highest BCUT2D eigenvalue weighted by Crippen LogP contribution is 2.43. The van der Waals surface area contributed by atoms with Crippen LogP contribution in [0.4, 0.5) is 29.2 Å².